The van der Waals surface area contributed by atoms with E-state index in [9.17, 15) is 14.0 Å². The fraction of sp³-hybridized carbons (Fsp3) is 0.333. The van der Waals surface area contributed by atoms with Crippen molar-refractivity contribution in [1.29, 1.82) is 0 Å². The molecule has 0 saturated carbocycles. The number of nitrogens with zero attached hydrogens (tertiary/aromatic N) is 2. The number of anilines is 1. The lowest BCUT2D eigenvalue weighted by Crippen LogP contribution is -2.52. The van der Waals surface area contributed by atoms with Crippen molar-refractivity contribution in [2.45, 2.75) is 17.1 Å². The Morgan fingerprint density at radius 3 is 2.48 bits per heavy atom. The molecule has 1 N–H and O–H groups in total. The highest BCUT2D eigenvalue weighted by molar-refractivity contribution is 8.00. The minimum absolute atomic E-state index is 0.0915. The molecule has 1 aliphatic rings. The van der Waals surface area contributed by atoms with E-state index in [1.165, 1.54) is 23.9 Å². The van der Waals surface area contributed by atoms with Crippen molar-refractivity contribution in [2.75, 3.05) is 38.0 Å². The molecule has 154 valence electrons. The molecule has 2 amide bonds. The first-order valence-corrected chi connectivity index (χ1v) is 10.7. The van der Waals surface area contributed by atoms with Gasteiger partial charge in [-0.25, -0.2) is 4.39 Å². The molecule has 5 nitrogen and oxygen atoms in total. The Labute approximate surface area is 179 Å². The maximum atomic E-state index is 13.2. The van der Waals surface area contributed by atoms with E-state index in [4.69, 9.17) is 11.6 Å². The highest BCUT2D eigenvalue weighted by Gasteiger charge is 2.26. The standard InChI is InChI=1S/C21H23ClFN3O2S/c1-15(29-19-7-5-16(22)6-8-19)21(28)26-11-9-25(10-12-26)14-20(27)24-18-4-2-3-17(23)13-18/h2-8,13,15H,9-12,14H2,1H3,(H,24,27). The maximum Gasteiger partial charge on any atom is 0.238 e. The largest absolute Gasteiger partial charge is 0.339 e. The van der Waals surface area contributed by atoms with Crippen LogP contribution in [0.15, 0.2) is 53.4 Å². The number of amides is 2. The molecule has 1 heterocycles. The normalized spacial score (nSPS) is 15.8. The predicted octanol–water partition coefficient (Wildman–Crippen LogP) is 3.74. The molecule has 0 aliphatic carbocycles. The van der Waals surface area contributed by atoms with E-state index >= 15 is 0 Å². The molecule has 0 aromatic heterocycles. The summed E-state index contributed by atoms with van der Waals surface area (Å²) >= 11 is 7.41. The van der Waals surface area contributed by atoms with Gasteiger partial charge in [-0.15, -0.1) is 11.8 Å². The molecule has 0 radical (unpaired) electrons. The molecular weight excluding hydrogens is 413 g/mol. The number of benzene rings is 2. The third-order valence-electron chi connectivity index (χ3n) is 4.63. The summed E-state index contributed by atoms with van der Waals surface area (Å²) in [6.07, 6.45) is 0. The first-order chi connectivity index (χ1) is 13.9. The highest BCUT2D eigenvalue weighted by Crippen LogP contribution is 2.26. The van der Waals surface area contributed by atoms with Crippen LogP contribution >= 0.6 is 23.4 Å². The fourth-order valence-corrected chi connectivity index (χ4v) is 4.20. The monoisotopic (exact) mass is 435 g/mol. The van der Waals surface area contributed by atoms with Crippen molar-refractivity contribution in [2.24, 2.45) is 0 Å². The smallest absolute Gasteiger partial charge is 0.238 e. The average molecular weight is 436 g/mol. The lowest BCUT2D eigenvalue weighted by molar-refractivity contribution is -0.132. The summed E-state index contributed by atoms with van der Waals surface area (Å²) in [5, 5.41) is 3.18. The quantitative estimate of drug-likeness (QED) is 0.702. The van der Waals surface area contributed by atoms with Gasteiger partial charge in [-0.3, -0.25) is 14.5 Å². The number of hydrogen-bond donors (Lipinski definition) is 1. The molecule has 8 heteroatoms. The Bertz CT molecular complexity index is 857. The van der Waals surface area contributed by atoms with Crippen LogP contribution in [0.25, 0.3) is 0 Å². The van der Waals surface area contributed by atoms with Crippen molar-refractivity contribution < 1.29 is 14.0 Å². The number of thioether (sulfide) groups is 1. The van der Waals surface area contributed by atoms with Crippen LogP contribution in [0.5, 0.6) is 0 Å². The Morgan fingerprint density at radius 2 is 1.83 bits per heavy atom. The molecule has 2 aromatic carbocycles. The van der Waals surface area contributed by atoms with Gasteiger partial charge in [-0.05, 0) is 49.4 Å². The SMILES string of the molecule is CC(Sc1ccc(Cl)cc1)C(=O)N1CCN(CC(=O)Nc2cccc(F)c2)CC1. The molecule has 1 unspecified atom stereocenters. The third-order valence-corrected chi connectivity index (χ3v) is 5.99. The van der Waals surface area contributed by atoms with E-state index in [-0.39, 0.29) is 29.4 Å². The molecule has 1 aliphatic heterocycles. The van der Waals surface area contributed by atoms with E-state index in [0.29, 0.717) is 36.9 Å². The van der Waals surface area contributed by atoms with Crippen LogP contribution in [0.3, 0.4) is 0 Å². The van der Waals surface area contributed by atoms with Gasteiger partial charge in [0.05, 0.1) is 11.8 Å². The zero-order valence-corrected chi connectivity index (χ0v) is 17.7. The van der Waals surface area contributed by atoms with E-state index < -0.39 is 0 Å². The van der Waals surface area contributed by atoms with Gasteiger partial charge < -0.3 is 10.2 Å². The second kappa shape index (κ2) is 10.1. The third kappa shape index (κ3) is 6.45. The van der Waals surface area contributed by atoms with Gasteiger partial charge in [0, 0.05) is 41.8 Å². The summed E-state index contributed by atoms with van der Waals surface area (Å²) in [7, 11) is 0. The lowest BCUT2D eigenvalue weighted by atomic mass is 10.2. The number of carbonyl (C=O) groups excluding carboxylic acids is 2. The zero-order chi connectivity index (χ0) is 20.8. The van der Waals surface area contributed by atoms with Crippen LogP contribution in [-0.2, 0) is 9.59 Å². The van der Waals surface area contributed by atoms with Gasteiger partial charge in [-0.1, -0.05) is 17.7 Å². The molecule has 3 rings (SSSR count). The first kappa shape index (κ1) is 21.6. The van der Waals surface area contributed by atoms with E-state index in [2.05, 4.69) is 5.32 Å². The molecule has 29 heavy (non-hydrogen) atoms. The topological polar surface area (TPSA) is 52.7 Å². The summed E-state index contributed by atoms with van der Waals surface area (Å²) in [6.45, 7) is 4.53. The van der Waals surface area contributed by atoms with Gasteiger partial charge in [0.1, 0.15) is 5.82 Å². The molecule has 2 aromatic rings. The summed E-state index contributed by atoms with van der Waals surface area (Å²) in [5.41, 5.74) is 0.442. The second-order valence-electron chi connectivity index (χ2n) is 6.87. The molecule has 0 spiro atoms. The number of carbonyl (C=O) groups is 2. The second-order valence-corrected chi connectivity index (χ2v) is 8.72. The Balaban J connectivity index is 1.43. The summed E-state index contributed by atoms with van der Waals surface area (Å²) in [4.78, 5) is 29.7. The highest BCUT2D eigenvalue weighted by atomic mass is 35.5. The van der Waals surface area contributed by atoms with Crippen LogP contribution in [0.1, 0.15) is 6.92 Å². The van der Waals surface area contributed by atoms with Crippen LogP contribution < -0.4 is 5.32 Å². The van der Waals surface area contributed by atoms with Gasteiger partial charge in [0.15, 0.2) is 0 Å². The maximum absolute atomic E-state index is 13.2. The Morgan fingerprint density at radius 1 is 1.14 bits per heavy atom. The van der Waals surface area contributed by atoms with Crippen molar-refractivity contribution in [3.05, 3.63) is 59.4 Å². The average Bonchev–Trinajstić information content (AvgIpc) is 2.69. The predicted molar refractivity (Wildman–Crippen MR) is 115 cm³/mol. The van der Waals surface area contributed by atoms with Gasteiger partial charge in [-0.2, -0.15) is 0 Å². The first-order valence-electron chi connectivity index (χ1n) is 9.39. The van der Waals surface area contributed by atoms with E-state index in [1.807, 2.05) is 41.0 Å². The number of halogens is 2. The van der Waals surface area contributed by atoms with Gasteiger partial charge in [0.25, 0.3) is 0 Å². The fourth-order valence-electron chi connectivity index (χ4n) is 3.12. The van der Waals surface area contributed by atoms with Crippen molar-refractivity contribution in [3.63, 3.8) is 0 Å². The van der Waals surface area contributed by atoms with Crippen molar-refractivity contribution in [1.82, 2.24) is 9.80 Å². The minimum Gasteiger partial charge on any atom is -0.339 e. The molecular formula is C21H23ClFN3O2S. The molecule has 1 saturated heterocycles. The van der Waals surface area contributed by atoms with Gasteiger partial charge in [0.2, 0.25) is 11.8 Å². The van der Waals surface area contributed by atoms with E-state index in [0.717, 1.165) is 4.90 Å². The number of rotatable bonds is 6. The summed E-state index contributed by atoms with van der Waals surface area (Å²) < 4.78 is 13.2. The Kier molecular flexibility index (Phi) is 7.52. The van der Waals surface area contributed by atoms with Gasteiger partial charge >= 0.3 is 0 Å². The van der Waals surface area contributed by atoms with E-state index in [1.54, 1.807) is 12.1 Å². The molecule has 1 fully saturated rings. The molecule has 0 bridgehead atoms. The van der Waals surface area contributed by atoms with Crippen molar-refractivity contribution in [3.8, 4) is 0 Å². The molecule has 1 atom stereocenters. The number of hydrogen-bond acceptors (Lipinski definition) is 4. The van der Waals surface area contributed by atoms with Crippen molar-refractivity contribution >= 4 is 40.9 Å². The van der Waals surface area contributed by atoms with Crippen LogP contribution in [-0.4, -0.2) is 59.6 Å². The number of piperazine rings is 1. The Hall–Kier alpha value is -2.09. The van der Waals surface area contributed by atoms with Crippen LogP contribution in [0.4, 0.5) is 10.1 Å². The van der Waals surface area contributed by atoms with Crippen LogP contribution in [0, 0.1) is 5.82 Å². The zero-order valence-electron chi connectivity index (χ0n) is 16.1. The van der Waals surface area contributed by atoms with Crippen LogP contribution in [0.2, 0.25) is 5.02 Å². The number of nitrogens with one attached hydrogen (secondary N) is 1. The summed E-state index contributed by atoms with van der Waals surface area (Å²) in [6, 6.07) is 13.3. The summed E-state index contributed by atoms with van der Waals surface area (Å²) in [5.74, 6) is -0.489. The minimum atomic E-state index is -0.388. The lowest BCUT2D eigenvalue weighted by Gasteiger charge is -2.35.